The van der Waals surface area contributed by atoms with Crippen LogP contribution in [0.4, 0.5) is 5.82 Å². The summed E-state index contributed by atoms with van der Waals surface area (Å²) in [6.45, 7) is 11.5. The second kappa shape index (κ2) is 5.10. The van der Waals surface area contributed by atoms with Crippen molar-refractivity contribution in [2.24, 2.45) is 0 Å². The van der Waals surface area contributed by atoms with E-state index in [0.29, 0.717) is 5.92 Å². The molecule has 1 heterocycles. The molecule has 1 N–H and O–H groups in total. The first-order chi connectivity index (χ1) is 7.06. The van der Waals surface area contributed by atoms with E-state index >= 15 is 0 Å². The van der Waals surface area contributed by atoms with E-state index in [1.54, 1.807) is 0 Å². The maximum absolute atomic E-state index is 4.49. The van der Waals surface area contributed by atoms with Crippen LogP contribution in [0.1, 0.15) is 50.2 Å². The van der Waals surface area contributed by atoms with Gasteiger partial charge in [0.15, 0.2) is 0 Å². The highest BCUT2D eigenvalue weighted by Gasteiger charge is 2.11. The third-order valence-corrected chi connectivity index (χ3v) is 2.38. The Bertz CT molecular complexity index is 332. The van der Waals surface area contributed by atoms with Crippen LogP contribution in [-0.2, 0) is 0 Å². The van der Waals surface area contributed by atoms with Crippen LogP contribution < -0.4 is 5.32 Å². The van der Waals surface area contributed by atoms with Gasteiger partial charge in [-0.1, -0.05) is 20.8 Å². The first kappa shape index (κ1) is 12.0. The Kier molecular flexibility index (Phi) is 4.06. The predicted octanol–water partition coefficient (Wildman–Crippen LogP) is 3.04. The molecule has 0 aromatic carbocycles. The van der Waals surface area contributed by atoms with E-state index < -0.39 is 0 Å². The van der Waals surface area contributed by atoms with E-state index in [9.17, 15) is 0 Å². The second-order valence-corrected chi connectivity index (χ2v) is 4.21. The van der Waals surface area contributed by atoms with E-state index in [4.69, 9.17) is 0 Å². The molecule has 0 amide bonds. The fourth-order valence-electron chi connectivity index (χ4n) is 1.63. The van der Waals surface area contributed by atoms with Crippen LogP contribution in [0, 0.1) is 13.8 Å². The molecule has 15 heavy (non-hydrogen) atoms. The number of nitrogens with zero attached hydrogens (tertiary/aromatic N) is 2. The third kappa shape index (κ3) is 2.91. The molecule has 1 aromatic heterocycles. The number of hydrogen-bond donors (Lipinski definition) is 1. The van der Waals surface area contributed by atoms with Crippen LogP contribution in [-0.4, -0.2) is 16.5 Å². The van der Waals surface area contributed by atoms with Crippen molar-refractivity contribution in [2.75, 3.05) is 11.9 Å². The van der Waals surface area contributed by atoms with Crippen molar-refractivity contribution in [2.45, 2.75) is 47.0 Å². The molecule has 1 rings (SSSR count). The van der Waals surface area contributed by atoms with Gasteiger partial charge in [0, 0.05) is 12.1 Å². The molecule has 0 aliphatic rings. The minimum Gasteiger partial charge on any atom is -0.370 e. The number of anilines is 1. The normalized spacial score (nSPS) is 10.8. The summed E-state index contributed by atoms with van der Waals surface area (Å²) in [5, 5.41) is 3.35. The zero-order valence-electron chi connectivity index (χ0n) is 10.4. The molecule has 3 heteroatoms. The van der Waals surface area contributed by atoms with Crippen LogP contribution in [0.25, 0.3) is 0 Å². The maximum Gasteiger partial charge on any atom is 0.132 e. The molecular formula is C12H21N3. The lowest BCUT2D eigenvalue weighted by atomic mass is 10.1. The Morgan fingerprint density at radius 1 is 1.20 bits per heavy atom. The maximum atomic E-state index is 4.49. The molecule has 84 valence electrons. The lowest BCUT2D eigenvalue weighted by Crippen LogP contribution is -2.09. The van der Waals surface area contributed by atoms with Crippen LogP contribution in [0.15, 0.2) is 0 Å². The Labute approximate surface area is 92.3 Å². The summed E-state index contributed by atoms with van der Waals surface area (Å²) in [6, 6.07) is 0. The van der Waals surface area contributed by atoms with Crippen molar-refractivity contribution < 1.29 is 0 Å². The second-order valence-electron chi connectivity index (χ2n) is 4.21. The summed E-state index contributed by atoms with van der Waals surface area (Å²) in [5.74, 6) is 2.30. The van der Waals surface area contributed by atoms with E-state index in [1.807, 2.05) is 6.92 Å². The van der Waals surface area contributed by atoms with Gasteiger partial charge in [0.2, 0.25) is 0 Å². The van der Waals surface area contributed by atoms with Crippen molar-refractivity contribution >= 4 is 5.82 Å². The van der Waals surface area contributed by atoms with Crippen molar-refractivity contribution in [1.29, 1.82) is 0 Å². The molecule has 0 aliphatic carbocycles. The molecular weight excluding hydrogens is 186 g/mol. The van der Waals surface area contributed by atoms with Gasteiger partial charge in [-0.3, -0.25) is 0 Å². The number of aryl methyl sites for hydroxylation is 1. The van der Waals surface area contributed by atoms with E-state index in [-0.39, 0.29) is 0 Å². The lowest BCUT2D eigenvalue weighted by Gasteiger charge is -2.14. The summed E-state index contributed by atoms with van der Waals surface area (Å²) >= 11 is 0. The summed E-state index contributed by atoms with van der Waals surface area (Å²) < 4.78 is 0. The Morgan fingerprint density at radius 2 is 1.87 bits per heavy atom. The SMILES string of the molecule is CCCNc1nc(C)nc(C(C)C)c1C. The fraction of sp³-hybridized carbons (Fsp3) is 0.667. The van der Waals surface area contributed by atoms with Gasteiger partial charge in [-0.2, -0.15) is 0 Å². The van der Waals surface area contributed by atoms with Crippen molar-refractivity contribution in [1.82, 2.24) is 9.97 Å². The molecule has 0 unspecified atom stereocenters. The van der Waals surface area contributed by atoms with Gasteiger partial charge in [-0.25, -0.2) is 9.97 Å². The van der Waals surface area contributed by atoms with Gasteiger partial charge in [-0.15, -0.1) is 0 Å². The molecule has 0 saturated carbocycles. The van der Waals surface area contributed by atoms with Gasteiger partial charge in [0.05, 0.1) is 5.69 Å². The minimum absolute atomic E-state index is 0.453. The number of nitrogens with one attached hydrogen (secondary N) is 1. The van der Waals surface area contributed by atoms with Gasteiger partial charge in [0.25, 0.3) is 0 Å². The smallest absolute Gasteiger partial charge is 0.132 e. The average molecular weight is 207 g/mol. The first-order valence-electron chi connectivity index (χ1n) is 5.65. The highest BCUT2D eigenvalue weighted by Crippen LogP contribution is 2.21. The number of rotatable bonds is 4. The zero-order valence-corrected chi connectivity index (χ0v) is 10.4. The molecule has 0 saturated heterocycles. The quantitative estimate of drug-likeness (QED) is 0.824. The van der Waals surface area contributed by atoms with E-state index in [2.05, 4.69) is 43.0 Å². The summed E-state index contributed by atoms with van der Waals surface area (Å²) in [7, 11) is 0. The molecule has 0 spiro atoms. The van der Waals surface area contributed by atoms with E-state index in [0.717, 1.165) is 30.3 Å². The molecule has 0 bridgehead atoms. The topological polar surface area (TPSA) is 37.8 Å². The standard InChI is InChI=1S/C12H21N3/c1-6-7-13-12-9(4)11(8(2)3)14-10(5)15-12/h8H,6-7H2,1-5H3,(H,13,14,15). The third-order valence-electron chi connectivity index (χ3n) is 2.38. The van der Waals surface area contributed by atoms with Crippen LogP contribution >= 0.6 is 0 Å². The van der Waals surface area contributed by atoms with Crippen molar-refractivity contribution in [3.8, 4) is 0 Å². The average Bonchev–Trinajstić information content (AvgIpc) is 2.18. The largest absolute Gasteiger partial charge is 0.370 e. The van der Waals surface area contributed by atoms with Crippen molar-refractivity contribution in [3.05, 3.63) is 17.1 Å². The molecule has 3 nitrogen and oxygen atoms in total. The van der Waals surface area contributed by atoms with Crippen LogP contribution in [0.5, 0.6) is 0 Å². The summed E-state index contributed by atoms with van der Waals surface area (Å²) in [4.78, 5) is 8.92. The lowest BCUT2D eigenvalue weighted by molar-refractivity contribution is 0.788. The highest BCUT2D eigenvalue weighted by molar-refractivity contribution is 5.46. The Hall–Kier alpha value is -1.12. The first-order valence-corrected chi connectivity index (χ1v) is 5.65. The monoisotopic (exact) mass is 207 g/mol. The number of aromatic nitrogens is 2. The Balaban J connectivity index is 3.05. The molecule has 0 fully saturated rings. The highest BCUT2D eigenvalue weighted by atomic mass is 15.0. The molecule has 0 atom stereocenters. The molecule has 0 aliphatic heterocycles. The van der Waals surface area contributed by atoms with Gasteiger partial charge >= 0.3 is 0 Å². The predicted molar refractivity (Wildman–Crippen MR) is 64.4 cm³/mol. The zero-order chi connectivity index (χ0) is 11.4. The summed E-state index contributed by atoms with van der Waals surface area (Å²) in [6.07, 6.45) is 1.11. The minimum atomic E-state index is 0.453. The Morgan fingerprint density at radius 3 is 2.40 bits per heavy atom. The van der Waals surface area contributed by atoms with Crippen LogP contribution in [0.3, 0.4) is 0 Å². The van der Waals surface area contributed by atoms with Gasteiger partial charge in [-0.05, 0) is 26.2 Å². The van der Waals surface area contributed by atoms with E-state index in [1.165, 1.54) is 5.56 Å². The number of hydrogen-bond acceptors (Lipinski definition) is 3. The van der Waals surface area contributed by atoms with Crippen LogP contribution in [0.2, 0.25) is 0 Å². The van der Waals surface area contributed by atoms with Crippen molar-refractivity contribution in [3.63, 3.8) is 0 Å². The van der Waals surface area contributed by atoms with Gasteiger partial charge in [0.1, 0.15) is 11.6 Å². The summed E-state index contributed by atoms with van der Waals surface area (Å²) in [5.41, 5.74) is 2.34. The molecule has 0 radical (unpaired) electrons. The van der Waals surface area contributed by atoms with Gasteiger partial charge < -0.3 is 5.32 Å². The molecule has 1 aromatic rings. The fourth-order valence-corrected chi connectivity index (χ4v) is 1.63.